The van der Waals surface area contributed by atoms with Crippen LogP contribution >= 0.6 is 11.6 Å². The molecule has 0 radical (unpaired) electrons. The Kier molecular flexibility index (Phi) is 4.02. The van der Waals surface area contributed by atoms with E-state index in [2.05, 4.69) is 0 Å². The van der Waals surface area contributed by atoms with Crippen molar-refractivity contribution >= 4 is 33.0 Å². The number of para-hydroxylation sites is 1. The highest BCUT2D eigenvalue weighted by Gasteiger charge is 2.24. The fraction of sp³-hybridized carbons (Fsp3) is 0. The molecule has 21 heavy (non-hydrogen) atoms. The highest BCUT2D eigenvalue weighted by atomic mass is 35.5. The van der Waals surface area contributed by atoms with Gasteiger partial charge >= 0.3 is 0 Å². The second-order valence-corrected chi connectivity index (χ2v) is 6.10. The molecule has 3 N–H and O–H groups in total. The third kappa shape index (κ3) is 3.06. The Labute approximate surface area is 123 Å². The van der Waals surface area contributed by atoms with Gasteiger partial charge in [-0.2, -0.15) is 0 Å². The van der Waals surface area contributed by atoms with Crippen molar-refractivity contribution in [2.24, 2.45) is 0 Å². The molecule has 0 fully saturated rings. The summed E-state index contributed by atoms with van der Waals surface area (Å²) in [6.07, 6.45) is 0. The van der Waals surface area contributed by atoms with Gasteiger partial charge in [-0.05, 0) is 24.3 Å². The predicted molar refractivity (Wildman–Crippen MR) is 73.0 cm³/mol. The Morgan fingerprint density at radius 1 is 1.10 bits per heavy atom. The molecule has 0 atom stereocenters. The molecule has 0 amide bonds. The van der Waals surface area contributed by atoms with E-state index in [0.717, 1.165) is 30.3 Å². The Morgan fingerprint density at radius 3 is 2.24 bits per heavy atom. The zero-order valence-electron chi connectivity index (χ0n) is 10.2. The van der Waals surface area contributed by atoms with Crippen LogP contribution in [-0.4, -0.2) is 8.42 Å². The van der Waals surface area contributed by atoms with Gasteiger partial charge in [0, 0.05) is 5.02 Å². The number of nitrogens with two attached hydrogens (primary N) is 1. The smallest absolute Gasteiger partial charge is 0.265 e. The molecule has 0 aromatic heterocycles. The number of benzene rings is 2. The van der Waals surface area contributed by atoms with E-state index >= 15 is 0 Å². The number of rotatable bonds is 3. The average Bonchev–Trinajstić information content (AvgIpc) is 2.38. The number of anilines is 2. The molecule has 0 saturated carbocycles. The van der Waals surface area contributed by atoms with Crippen molar-refractivity contribution in [2.75, 3.05) is 10.5 Å². The van der Waals surface area contributed by atoms with E-state index < -0.39 is 43.7 Å². The zero-order valence-corrected chi connectivity index (χ0v) is 11.8. The monoisotopic (exact) mass is 336 g/mol. The molecule has 0 bridgehead atoms. The van der Waals surface area contributed by atoms with Gasteiger partial charge in [-0.3, -0.25) is 4.72 Å². The molecular weight excluding hydrogens is 329 g/mol. The summed E-state index contributed by atoms with van der Waals surface area (Å²) in [5.74, 6) is -3.55. The fourth-order valence-corrected chi connectivity index (χ4v) is 3.07. The van der Waals surface area contributed by atoms with Crippen molar-refractivity contribution in [2.45, 2.75) is 4.90 Å². The molecule has 0 aliphatic rings. The third-order valence-corrected chi connectivity index (χ3v) is 4.09. The minimum Gasteiger partial charge on any atom is -0.396 e. The van der Waals surface area contributed by atoms with Crippen molar-refractivity contribution in [3.63, 3.8) is 0 Å². The van der Waals surface area contributed by atoms with Crippen LogP contribution in [0.4, 0.5) is 24.5 Å². The maximum Gasteiger partial charge on any atom is 0.265 e. The molecular formula is C12H8ClF3N2O2S. The van der Waals surface area contributed by atoms with E-state index in [9.17, 15) is 21.6 Å². The molecule has 2 rings (SSSR count). The van der Waals surface area contributed by atoms with E-state index in [1.165, 1.54) is 0 Å². The van der Waals surface area contributed by atoms with E-state index in [-0.39, 0.29) is 5.02 Å². The van der Waals surface area contributed by atoms with Gasteiger partial charge in [-0.1, -0.05) is 17.7 Å². The molecule has 112 valence electrons. The lowest BCUT2D eigenvalue weighted by Gasteiger charge is -2.11. The van der Waals surface area contributed by atoms with Crippen molar-refractivity contribution < 1.29 is 21.6 Å². The predicted octanol–water partition coefficient (Wildman–Crippen LogP) is 3.14. The second kappa shape index (κ2) is 5.45. The summed E-state index contributed by atoms with van der Waals surface area (Å²) >= 11 is 5.61. The number of halogens is 4. The first-order chi connectivity index (χ1) is 9.72. The molecule has 0 heterocycles. The van der Waals surface area contributed by atoms with Gasteiger partial charge in [0.1, 0.15) is 22.2 Å². The van der Waals surface area contributed by atoms with Crippen molar-refractivity contribution in [3.05, 3.63) is 52.8 Å². The zero-order chi connectivity index (χ0) is 15.8. The van der Waals surface area contributed by atoms with Gasteiger partial charge in [0.05, 0.1) is 5.69 Å². The number of sulfonamides is 1. The second-order valence-electron chi connectivity index (χ2n) is 4.01. The number of hydrogen-bond donors (Lipinski definition) is 2. The van der Waals surface area contributed by atoms with Crippen LogP contribution in [0.5, 0.6) is 0 Å². The first-order valence-corrected chi connectivity index (χ1v) is 7.30. The van der Waals surface area contributed by atoms with Crippen LogP contribution in [0.3, 0.4) is 0 Å². The Hall–Kier alpha value is -1.93. The van der Waals surface area contributed by atoms with Gasteiger partial charge in [0.2, 0.25) is 0 Å². The fourth-order valence-electron chi connectivity index (χ4n) is 1.56. The summed E-state index contributed by atoms with van der Waals surface area (Å²) in [5.41, 5.74) is 3.85. The molecule has 4 nitrogen and oxygen atoms in total. The number of nitrogen functional groups attached to an aromatic ring is 1. The summed E-state index contributed by atoms with van der Waals surface area (Å²) in [5, 5.41) is -0.136. The number of hydrogen-bond acceptors (Lipinski definition) is 3. The number of nitrogens with one attached hydrogen (secondary N) is 1. The van der Waals surface area contributed by atoms with Crippen molar-refractivity contribution in [1.82, 2.24) is 0 Å². The van der Waals surface area contributed by atoms with Crippen molar-refractivity contribution in [3.8, 4) is 0 Å². The maximum absolute atomic E-state index is 13.8. The van der Waals surface area contributed by atoms with Crippen molar-refractivity contribution in [1.29, 1.82) is 0 Å². The average molecular weight is 337 g/mol. The van der Waals surface area contributed by atoms with E-state index in [1.807, 2.05) is 0 Å². The summed E-state index contributed by atoms with van der Waals surface area (Å²) in [6, 6.07) is 4.56. The SMILES string of the molecule is Nc1cc(Cl)cc(S(=O)(=O)Nc2c(F)cccc2F)c1F. The van der Waals surface area contributed by atoms with Crippen LogP contribution in [0.15, 0.2) is 35.2 Å². The maximum atomic E-state index is 13.8. The van der Waals surface area contributed by atoms with Crippen LogP contribution in [0.1, 0.15) is 0 Å². The topological polar surface area (TPSA) is 72.2 Å². The van der Waals surface area contributed by atoms with Crippen LogP contribution in [0, 0.1) is 17.5 Å². The summed E-state index contributed by atoms with van der Waals surface area (Å²) in [6.45, 7) is 0. The van der Waals surface area contributed by atoms with Crippen LogP contribution in [0.25, 0.3) is 0 Å². The molecule has 0 spiro atoms. The highest BCUT2D eigenvalue weighted by molar-refractivity contribution is 7.92. The van der Waals surface area contributed by atoms with E-state index in [1.54, 1.807) is 4.72 Å². The normalized spacial score (nSPS) is 11.4. The van der Waals surface area contributed by atoms with Gasteiger partial charge < -0.3 is 5.73 Å². The molecule has 0 aliphatic carbocycles. The third-order valence-electron chi connectivity index (χ3n) is 2.52. The molecule has 0 aliphatic heterocycles. The van der Waals surface area contributed by atoms with E-state index in [4.69, 9.17) is 17.3 Å². The lowest BCUT2D eigenvalue weighted by Crippen LogP contribution is -2.17. The Morgan fingerprint density at radius 2 is 1.67 bits per heavy atom. The van der Waals surface area contributed by atoms with Crippen LogP contribution in [0.2, 0.25) is 5.02 Å². The quantitative estimate of drug-likeness (QED) is 0.846. The van der Waals surface area contributed by atoms with Crippen LogP contribution in [-0.2, 0) is 10.0 Å². The van der Waals surface area contributed by atoms with Gasteiger partial charge in [0.15, 0.2) is 5.82 Å². The van der Waals surface area contributed by atoms with Gasteiger partial charge in [-0.15, -0.1) is 0 Å². The minimum absolute atomic E-state index is 0.136. The lowest BCUT2D eigenvalue weighted by atomic mass is 10.3. The molecule has 9 heteroatoms. The summed E-state index contributed by atoms with van der Waals surface area (Å²) in [4.78, 5) is -0.907. The minimum atomic E-state index is -4.60. The van der Waals surface area contributed by atoms with E-state index in [0.29, 0.717) is 0 Å². The molecule has 0 saturated heterocycles. The Balaban J connectivity index is 2.54. The van der Waals surface area contributed by atoms with Crippen LogP contribution < -0.4 is 10.5 Å². The lowest BCUT2D eigenvalue weighted by molar-refractivity contribution is 0.568. The highest BCUT2D eigenvalue weighted by Crippen LogP contribution is 2.28. The Bertz CT molecular complexity index is 792. The summed E-state index contributed by atoms with van der Waals surface area (Å²) < 4.78 is 66.4. The van der Waals surface area contributed by atoms with Gasteiger partial charge in [-0.25, -0.2) is 21.6 Å². The first-order valence-electron chi connectivity index (χ1n) is 5.43. The van der Waals surface area contributed by atoms with Gasteiger partial charge in [0.25, 0.3) is 10.0 Å². The molecule has 2 aromatic rings. The first kappa shape index (κ1) is 15.5. The molecule has 2 aromatic carbocycles. The largest absolute Gasteiger partial charge is 0.396 e. The molecule has 0 unspecified atom stereocenters. The standard InChI is InChI=1S/C12H8ClF3N2O2S/c13-6-4-9(17)11(16)10(5-6)21(19,20)18-12-7(14)2-1-3-8(12)15/h1-5,18H,17H2. The summed E-state index contributed by atoms with van der Waals surface area (Å²) in [7, 11) is -4.60.